The van der Waals surface area contributed by atoms with Crippen molar-refractivity contribution in [3.05, 3.63) is 0 Å². The smallest absolute Gasteiger partial charge is 0.234 e. The Morgan fingerprint density at radius 2 is 1.82 bits per heavy atom. The fraction of sp³-hybridized carbons (Fsp3) is 0.800. The molecule has 0 radical (unpaired) electrons. The molecule has 1 aliphatic heterocycles. The first-order valence-corrected chi connectivity index (χ1v) is 7.81. The number of nitrogens with two attached hydrogens (primary N) is 1. The van der Waals surface area contributed by atoms with Gasteiger partial charge in [-0.3, -0.25) is 9.59 Å². The predicted octanol–water partition coefficient (Wildman–Crippen LogP) is 0.852. The molecule has 2 amide bonds. The number of carbonyl (C=O) groups excluding carboxylic acids is 2. The summed E-state index contributed by atoms with van der Waals surface area (Å²) in [6.07, 6.45) is 6.07. The normalized spacial score (nSPS) is 22.7. The minimum atomic E-state index is -0.856. The number of nitriles is 1. The molecule has 7 heteroatoms. The molecule has 6 nitrogen and oxygen atoms in total. The lowest BCUT2D eigenvalue weighted by atomic mass is 9.78. The zero-order valence-corrected chi connectivity index (χ0v) is 13.6. The maximum absolute atomic E-state index is 12.5. The second kappa shape index (κ2) is 8.35. The number of rotatable bonds is 4. The van der Waals surface area contributed by atoms with Gasteiger partial charge in [0.1, 0.15) is 11.5 Å². The second-order valence-electron chi connectivity index (χ2n) is 6.21. The third kappa shape index (κ3) is 4.34. The Morgan fingerprint density at radius 3 is 2.32 bits per heavy atom. The highest BCUT2D eigenvalue weighted by molar-refractivity contribution is 6.00. The number of primary amides is 1. The van der Waals surface area contributed by atoms with Gasteiger partial charge in [0.2, 0.25) is 11.8 Å². The molecule has 1 saturated heterocycles. The molecule has 2 rings (SSSR count). The Hall–Kier alpha value is -1.32. The van der Waals surface area contributed by atoms with E-state index in [1.165, 1.54) is 0 Å². The topological polar surface area (TPSA) is 108 Å². The summed E-state index contributed by atoms with van der Waals surface area (Å²) >= 11 is 0. The number of hydrogen-bond acceptors (Lipinski definition) is 4. The van der Waals surface area contributed by atoms with Gasteiger partial charge in [0.05, 0.1) is 6.07 Å². The van der Waals surface area contributed by atoms with E-state index >= 15 is 0 Å². The summed E-state index contributed by atoms with van der Waals surface area (Å²) in [5.74, 6) is -1.71. The summed E-state index contributed by atoms with van der Waals surface area (Å²) in [7, 11) is 0. The summed E-state index contributed by atoms with van der Waals surface area (Å²) < 4.78 is 0. The molecule has 4 N–H and O–H groups in total. The quantitative estimate of drug-likeness (QED) is 0.665. The molecule has 0 aromatic heterocycles. The van der Waals surface area contributed by atoms with Gasteiger partial charge < -0.3 is 16.4 Å². The molecule has 0 aromatic rings. The Balaban J connectivity index is 0.00000242. The van der Waals surface area contributed by atoms with Crippen molar-refractivity contribution in [2.24, 2.45) is 17.6 Å². The Bertz CT molecular complexity index is 437. The molecular weight excluding hydrogens is 304 g/mol. The number of nitrogens with zero attached hydrogens (tertiary/aromatic N) is 1. The highest BCUT2D eigenvalue weighted by Gasteiger charge is 2.40. The number of hydrogen-bond donors (Lipinski definition) is 3. The SMILES string of the molecule is Cl.N#CC1(NC(=O)C(C(N)=O)C2CCCCC2)CCNCC1. The van der Waals surface area contributed by atoms with Crippen molar-refractivity contribution in [2.75, 3.05) is 13.1 Å². The van der Waals surface area contributed by atoms with E-state index in [9.17, 15) is 14.9 Å². The van der Waals surface area contributed by atoms with Crippen LogP contribution in [-0.4, -0.2) is 30.4 Å². The minimum Gasteiger partial charge on any atom is -0.369 e. The predicted molar refractivity (Wildman–Crippen MR) is 85.1 cm³/mol. The van der Waals surface area contributed by atoms with Crippen LogP contribution in [0, 0.1) is 23.2 Å². The average Bonchev–Trinajstić information content (AvgIpc) is 2.49. The average molecular weight is 329 g/mol. The van der Waals surface area contributed by atoms with Crippen LogP contribution >= 0.6 is 12.4 Å². The van der Waals surface area contributed by atoms with Crippen LogP contribution in [0.1, 0.15) is 44.9 Å². The summed E-state index contributed by atoms with van der Waals surface area (Å²) in [6, 6.07) is 2.22. The first kappa shape index (κ1) is 18.7. The lowest BCUT2D eigenvalue weighted by Gasteiger charge is -2.35. The molecule has 1 aliphatic carbocycles. The van der Waals surface area contributed by atoms with Gasteiger partial charge in [0, 0.05) is 0 Å². The Kier molecular flexibility index (Phi) is 7.11. The van der Waals surface area contributed by atoms with Crippen LogP contribution in [0.3, 0.4) is 0 Å². The van der Waals surface area contributed by atoms with Crippen molar-refractivity contribution in [3.63, 3.8) is 0 Å². The first-order chi connectivity index (χ1) is 10.1. The lowest BCUT2D eigenvalue weighted by Crippen LogP contribution is -2.57. The zero-order valence-electron chi connectivity index (χ0n) is 12.8. The van der Waals surface area contributed by atoms with Gasteiger partial charge >= 0.3 is 0 Å². The van der Waals surface area contributed by atoms with Crippen molar-refractivity contribution < 1.29 is 9.59 Å². The van der Waals surface area contributed by atoms with Gasteiger partial charge in [-0.25, -0.2) is 0 Å². The van der Waals surface area contributed by atoms with E-state index in [0.717, 1.165) is 32.1 Å². The molecule has 1 unspecified atom stereocenters. The third-order valence-electron chi connectivity index (χ3n) is 4.74. The van der Waals surface area contributed by atoms with Gasteiger partial charge in [-0.05, 0) is 44.7 Å². The van der Waals surface area contributed by atoms with Crippen LogP contribution < -0.4 is 16.4 Å². The van der Waals surface area contributed by atoms with E-state index in [0.29, 0.717) is 25.9 Å². The fourth-order valence-electron chi connectivity index (χ4n) is 3.47. The number of halogens is 1. The van der Waals surface area contributed by atoms with Gasteiger partial charge in [0.25, 0.3) is 0 Å². The maximum Gasteiger partial charge on any atom is 0.234 e. The second-order valence-corrected chi connectivity index (χ2v) is 6.21. The highest BCUT2D eigenvalue weighted by atomic mass is 35.5. The Morgan fingerprint density at radius 1 is 1.23 bits per heavy atom. The first-order valence-electron chi connectivity index (χ1n) is 7.81. The summed E-state index contributed by atoms with van der Waals surface area (Å²) in [4.78, 5) is 24.3. The van der Waals surface area contributed by atoms with Gasteiger partial charge in [-0.2, -0.15) is 5.26 Å². The molecule has 0 aromatic carbocycles. The molecule has 1 saturated carbocycles. The van der Waals surface area contributed by atoms with Crippen LogP contribution in [0.2, 0.25) is 0 Å². The molecule has 0 bridgehead atoms. The van der Waals surface area contributed by atoms with E-state index in [4.69, 9.17) is 5.73 Å². The minimum absolute atomic E-state index is 0. The molecule has 22 heavy (non-hydrogen) atoms. The monoisotopic (exact) mass is 328 g/mol. The lowest BCUT2D eigenvalue weighted by molar-refractivity contribution is -0.137. The number of piperidine rings is 1. The van der Waals surface area contributed by atoms with E-state index < -0.39 is 17.4 Å². The van der Waals surface area contributed by atoms with E-state index in [-0.39, 0.29) is 24.2 Å². The molecule has 124 valence electrons. The van der Waals surface area contributed by atoms with Crippen molar-refractivity contribution >= 4 is 24.2 Å². The van der Waals surface area contributed by atoms with Crippen LogP contribution in [0.15, 0.2) is 0 Å². The largest absolute Gasteiger partial charge is 0.369 e. The maximum atomic E-state index is 12.5. The Labute approximate surface area is 137 Å². The van der Waals surface area contributed by atoms with Crippen molar-refractivity contribution in [1.29, 1.82) is 5.26 Å². The molecule has 2 fully saturated rings. The summed E-state index contributed by atoms with van der Waals surface area (Å²) in [5, 5.41) is 15.4. The molecule has 1 atom stereocenters. The molecular formula is C15H25ClN4O2. The third-order valence-corrected chi connectivity index (χ3v) is 4.74. The van der Waals surface area contributed by atoms with Gasteiger partial charge in [0.15, 0.2) is 0 Å². The van der Waals surface area contributed by atoms with Crippen LogP contribution in [0.4, 0.5) is 0 Å². The van der Waals surface area contributed by atoms with Crippen LogP contribution in [0.25, 0.3) is 0 Å². The number of nitrogens with one attached hydrogen (secondary N) is 2. The highest BCUT2D eigenvalue weighted by Crippen LogP contribution is 2.31. The molecule has 2 aliphatic rings. The van der Waals surface area contributed by atoms with Crippen molar-refractivity contribution in [2.45, 2.75) is 50.5 Å². The van der Waals surface area contributed by atoms with E-state index in [1.807, 2.05) is 0 Å². The van der Waals surface area contributed by atoms with Gasteiger partial charge in [-0.15, -0.1) is 12.4 Å². The fourth-order valence-corrected chi connectivity index (χ4v) is 3.47. The van der Waals surface area contributed by atoms with E-state index in [2.05, 4.69) is 16.7 Å². The van der Waals surface area contributed by atoms with Crippen molar-refractivity contribution in [3.8, 4) is 6.07 Å². The van der Waals surface area contributed by atoms with E-state index in [1.54, 1.807) is 0 Å². The zero-order chi connectivity index (χ0) is 15.3. The number of amides is 2. The van der Waals surface area contributed by atoms with Crippen LogP contribution in [-0.2, 0) is 9.59 Å². The standard InChI is InChI=1S/C15H24N4O2.ClH/c16-10-15(6-8-18-9-7-15)19-14(21)12(13(17)20)11-4-2-1-3-5-11;/h11-12,18H,1-9H2,(H2,17,20)(H,19,21);1H. The molecule has 0 spiro atoms. The summed E-state index contributed by atoms with van der Waals surface area (Å²) in [6.45, 7) is 1.39. The van der Waals surface area contributed by atoms with Crippen molar-refractivity contribution in [1.82, 2.24) is 10.6 Å². The molecule has 1 heterocycles. The van der Waals surface area contributed by atoms with Crippen LogP contribution in [0.5, 0.6) is 0 Å². The summed E-state index contributed by atoms with van der Waals surface area (Å²) in [5.41, 5.74) is 4.61. The van der Waals surface area contributed by atoms with Gasteiger partial charge in [-0.1, -0.05) is 19.3 Å². The number of carbonyl (C=O) groups is 2.